The number of hydrogen-bond acceptors (Lipinski definition) is 4. The van der Waals surface area contributed by atoms with E-state index in [4.69, 9.17) is 5.73 Å². The van der Waals surface area contributed by atoms with Gasteiger partial charge in [-0.2, -0.15) is 0 Å². The molecule has 5 nitrogen and oxygen atoms in total. The standard InChI is InChI=1S/C10H19N3O2S2/c11-9(14)7-13-10(15)12-5-2-1-3-8-4-6-16-17-8/h8H,1-7H2,(H2,11,14)(H2,12,13,15). The first-order valence-corrected chi connectivity index (χ1v) is 8.15. The Labute approximate surface area is 109 Å². The molecule has 17 heavy (non-hydrogen) atoms. The fourth-order valence-electron chi connectivity index (χ4n) is 1.49. The molecular weight excluding hydrogens is 258 g/mol. The summed E-state index contributed by atoms with van der Waals surface area (Å²) in [7, 11) is 3.94. The number of nitrogens with two attached hydrogens (primary N) is 1. The van der Waals surface area contributed by atoms with Crippen molar-refractivity contribution in [1.29, 1.82) is 0 Å². The van der Waals surface area contributed by atoms with Gasteiger partial charge in [0.05, 0.1) is 6.54 Å². The predicted octanol–water partition coefficient (Wildman–Crippen LogP) is 1.09. The van der Waals surface area contributed by atoms with Crippen LogP contribution < -0.4 is 16.4 Å². The lowest BCUT2D eigenvalue weighted by atomic mass is 10.1. The number of hydrogen-bond donors (Lipinski definition) is 3. The molecule has 1 atom stereocenters. The minimum absolute atomic E-state index is 0.109. The smallest absolute Gasteiger partial charge is 0.315 e. The van der Waals surface area contributed by atoms with Gasteiger partial charge in [0.2, 0.25) is 5.91 Å². The van der Waals surface area contributed by atoms with E-state index in [1.165, 1.54) is 18.6 Å². The summed E-state index contributed by atoms with van der Waals surface area (Å²) in [5, 5.41) is 5.87. The fourth-order valence-corrected chi connectivity index (χ4v) is 4.52. The van der Waals surface area contributed by atoms with Crippen LogP contribution in [0.3, 0.4) is 0 Å². The summed E-state index contributed by atoms with van der Waals surface area (Å²) >= 11 is 0. The SMILES string of the molecule is NC(=O)CNC(=O)NCCCCC1CCSS1. The number of rotatable bonds is 7. The molecule has 0 spiro atoms. The monoisotopic (exact) mass is 277 g/mol. The Morgan fingerprint density at radius 1 is 1.29 bits per heavy atom. The van der Waals surface area contributed by atoms with Crippen LogP contribution in [0.5, 0.6) is 0 Å². The molecule has 0 saturated carbocycles. The molecule has 0 bridgehead atoms. The van der Waals surface area contributed by atoms with Gasteiger partial charge in [-0.1, -0.05) is 28.0 Å². The molecule has 1 aliphatic rings. The Hall–Kier alpha value is -0.560. The summed E-state index contributed by atoms with van der Waals surface area (Å²) in [6, 6.07) is -0.324. The minimum Gasteiger partial charge on any atom is -0.368 e. The van der Waals surface area contributed by atoms with E-state index in [1.807, 2.05) is 21.6 Å². The third-order valence-electron chi connectivity index (χ3n) is 2.39. The zero-order valence-electron chi connectivity index (χ0n) is 9.74. The van der Waals surface area contributed by atoms with Crippen molar-refractivity contribution >= 4 is 33.5 Å². The van der Waals surface area contributed by atoms with Crippen LogP contribution in [0.1, 0.15) is 25.7 Å². The van der Waals surface area contributed by atoms with Gasteiger partial charge in [-0.15, -0.1) is 0 Å². The largest absolute Gasteiger partial charge is 0.368 e. The second-order valence-corrected chi connectivity index (χ2v) is 6.69. The Morgan fingerprint density at radius 3 is 2.76 bits per heavy atom. The summed E-state index contributed by atoms with van der Waals surface area (Å²) in [6.45, 7) is 0.539. The van der Waals surface area contributed by atoms with Crippen LogP contribution in [0, 0.1) is 0 Å². The zero-order chi connectivity index (χ0) is 12.5. The normalized spacial score (nSPS) is 18.9. The summed E-state index contributed by atoms with van der Waals surface area (Å²) < 4.78 is 0. The highest BCUT2D eigenvalue weighted by Crippen LogP contribution is 2.39. The number of urea groups is 1. The molecule has 1 aliphatic heterocycles. The van der Waals surface area contributed by atoms with Gasteiger partial charge >= 0.3 is 6.03 Å². The van der Waals surface area contributed by atoms with Crippen LogP contribution in [-0.2, 0) is 4.79 Å². The molecule has 0 radical (unpaired) electrons. The van der Waals surface area contributed by atoms with Crippen LogP contribution in [0.2, 0.25) is 0 Å². The lowest BCUT2D eigenvalue weighted by Crippen LogP contribution is -2.40. The van der Waals surface area contributed by atoms with Crippen LogP contribution in [0.4, 0.5) is 4.79 Å². The molecule has 1 heterocycles. The van der Waals surface area contributed by atoms with Gasteiger partial charge in [-0.3, -0.25) is 4.79 Å². The Morgan fingerprint density at radius 2 is 2.12 bits per heavy atom. The molecule has 1 unspecified atom stereocenters. The van der Waals surface area contributed by atoms with E-state index in [9.17, 15) is 9.59 Å². The van der Waals surface area contributed by atoms with Crippen LogP contribution >= 0.6 is 21.6 Å². The van der Waals surface area contributed by atoms with E-state index in [2.05, 4.69) is 10.6 Å². The van der Waals surface area contributed by atoms with Crippen molar-refractivity contribution in [2.45, 2.75) is 30.9 Å². The number of nitrogens with one attached hydrogen (secondary N) is 2. The topological polar surface area (TPSA) is 84.2 Å². The molecule has 7 heteroatoms. The first-order chi connectivity index (χ1) is 8.18. The Balaban J connectivity index is 1.89. The van der Waals surface area contributed by atoms with Crippen molar-refractivity contribution in [2.24, 2.45) is 5.73 Å². The third kappa shape index (κ3) is 7.38. The average Bonchev–Trinajstić information content (AvgIpc) is 2.79. The molecule has 3 amide bonds. The quantitative estimate of drug-likeness (QED) is 0.480. The Kier molecular flexibility index (Phi) is 7.27. The van der Waals surface area contributed by atoms with Gasteiger partial charge in [0, 0.05) is 17.5 Å². The van der Waals surface area contributed by atoms with Crippen molar-refractivity contribution in [3.8, 4) is 0 Å². The average molecular weight is 277 g/mol. The number of primary amides is 1. The maximum absolute atomic E-state index is 11.1. The van der Waals surface area contributed by atoms with Gasteiger partial charge < -0.3 is 16.4 Å². The minimum atomic E-state index is -0.532. The van der Waals surface area contributed by atoms with Gasteiger partial charge in [0.15, 0.2) is 0 Å². The molecule has 1 rings (SSSR count). The molecule has 0 aromatic rings. The molecule has 1 fully saturated rings. The first kappa shape index (κ1) is 14.5. The number of unbranched alkanes of at least 4 members (excludes halogenated alkanes) is 1. The molecular formula is C10H19N3O2S2. The lowest BCUT2D eigenvalue weighted by molar-refractivity contribution is -0.117. The molecule has 1 saturated heterocycles. The maximum atomic E-state index is 11.1. The van der Waals surface area contributed by atoms with Crippen LogP contribution in [-0.4, -0.2) is 36.0 Å². The fraction of sp³-hybridized carbons (Fsp3) is 0.800. The highest BCUT2D eigenvalue weighted by Gasteiger charge is 2.15. The maximum Gasteiger partial charge on any atom is 0.315 e. The van der Waals surface area contributed by atoms with Crippen molar-refractivity contribution in [1.82, 2.24) is 10.6 Å². The second kappa shape index (κ2) is 8.52. The zero-order valence-corrected chi connectivity index (χ0v) is 11.4. The van der Waals surface area contributed by atoms with E-state index in [0.717, 1.165) is 18.1 Å². The van der Waals surface area contributed by atoms with E-state index >= 15 is 0 Å². The molecule has 0 aliphatic carbocycles. The van der Waals surface area contributed by atoms with Crippen molar-refractivity contribution in [2.75, 3.05) is 18.8 Å². The van der Waals surface area contributed by atoms with E-state index in [0.29, 0.717) is 6.54 Å². The molecule has 4 N–H and O–H groups in total. The number of amides is 3. The third-order valence-corrected chi connectivity index (χ3v) is 5.40. The van der Waals surface area contributed by atoms with E-state index in [-0.39, 0.29) is 12.6 Å². The van der Waals surface area contributed by atoms with Crippen molar-refractivity contribution in [3.05, 3.63) is 0 Å². The summed E-state index contributed by atoms with van der Waals surface area (Å²) in [5.41, 5.74) is 4.90. The van der Waals surface area contributed by atoms with E-state index < -0.39 is 5.91 Å². The highest BCUT2D eigenvalue weighted by molar-refractivity contribution is 8.77. The van der Waals surface area contributed by atoms with Crippen LogP contribution in [0.15, 0.2) is 0 Å². The van der Waals surface area contributed by atoms with Gasteiger partial charge in [0.1, 0.15) is 0 Å². The number of carbonyl (C=O) groups excluding carboxylic acids is 2. The summed E-state index contributed by atoms with van der Waals surface area (Å²) in [6.07, 6.45) is 4.64. The second-order valence-electron chi connectivity index (χ2n) is 3.90. The summed E-state index contributed by atoms with van der Waals surface area (Å²) in [5.74, 6) is 0.735. The van der Waals surface area contributed by atoms with E-state index in [1.54, 1.807) is 0 Å². The van der Waals surface area contributed by atoms with Gasteiger partial charge in [-0.05, 0) is 19.3 Å². The van der Waals surface area contributed by atoms with Gasteiger partial charge in [-0.25, -0.2) is 4.79 Å². The van der Waals surface area contributed by atoms with Gasteiger partial charge in [0.25, 0.3) is 0 Å². The van der Waals surface area contributed by atoms with Crippen molar-refractivity contribution in [3.63, 3.8) is 0 Å². The molecule has 0 aromatic heterocycles. The molecule has 0 aromatic carbocycles. The predicted molar refractivity (Wildman–Crippen MR) is 72.9 cm³/mol. The lowest BCUT2D eigenvalue weighted by Gasteiger charge is -2.08. The summed E-state index contributed by atoms with van der Waals surface area (Å²) in [4.78, 5) is 21.5. The number of carbonyl (C=O) groups is 2. The van der Waals surface area contributed by atoms with Crippen molar-refractivity contribution < 1.29 is 9.59 Å². The molecule has 98 valence electrons. The highest BCUT2D eigenvalue weighted by atomic mass is 33.1. The first-order valence-electron chi connectivity index (χ1n) is 5.77. The Bertz CT molecular complexity index is 258. The van der Waals surface area contributed by atoms with Crippen LogP contribution in [0.25, 0.3) is 0 Å².